The second-order valence-corrected chi connectivity index (χ2v) is 38.1. The van der Waals surface area contributed by atoms with Crippen LogP contribution in [0.4, 0.5) is 24.8 Å². The summed E-state index contributed by atoms with van der Waals surface area (Å²) in [5, 5.41) is 21.3. The molecule has 6 aliphatic rings. The zero-order chi connectivity index (χ0) is 84.2. The number of nitrogens with one attached hydrogen (secondary N) is 1. The van der Waals surface area contributed by atoms with Crippen LogP contribution in [0.2, 0.25) is 0 Å². The van der Waals surface area contributed by atoms with Gasteiger partial charge in [-0.15, -0.1) is 68.0 Å². The van der Waals surface area contributed by atoms with Crippen molar-refractivity contribution in [2.45, 2.75) is 181 Å². The molecule has 5 unspecified atom stereocenters. The SMILES string of the molecule is Cc1nc(C#Cc2ccc(-c3cccc(C(F)(F)F)c3)nc2)cs1.Cc1nc(C#Cc2ccc(C3CC4CCC3C4)nc2)cs1.Cc1nc(C#Cc2ccc(C3CCCC3)nc2)cs1.Cc1nc(C#Cc2ccc(N3CC4CCC3C4)nc2)cs1.Cc1nc(C#Cc2ccc(NC(C)(C)C)nc2)cs1.Cc1nc(C#Cc2cncc(C3CC3)c2)cs1. The summed E-state index contributed by atoms with van der Waals surface area (Å²) in [4.78, 5) is 55.0. The number of benzene rings is 1. The Morgan fingerprint density at radius 1 is 0.397 bits per heavy atom. The lowest BCUT2D eigenvalue weighted by molar-refractivity contribution is -0.137. The van der Waals surface area contributed by atoms with Gasteiger partial charge in [-0.3, -0.25) is 19.9 Å². The molecule has 1 N–H and O–H groups in total. The van der Waals surface area contributed by atoms with Crippen molar-refractivity contribution in [3.8, 4) is 82.3 Å². The highest BCUT2D eigenvalue weighted by Crippen LogP contribution is 2.52. The number of aryl methyl sites for hydroxylation is 6. The van der Waals surface area contributed by atoms with E-state index in [1.165, 1.54) is 124 Å². The van der Waals surface area contributed by atoms with E-state index < -0.39 is 11.7 Å². The molecule has 0 amide bonds. The molecule has 13 heterocycles. The van der Waals surface area contributed by atoms with E-state index in [9.17, 15) is 13.2 Å². The summed E-state index contributed by atoms with van der Waals surface area (Å²) < 4.78 is 38.3. The number of anilines is 2. The number of hydrogen-bond acceptors (Lipinski definition) is 20. The van der Waals surface area contributed by atoms with Gasteiger partial charge in [0.2, 0.25) is 0 Å². The van der Waals surface area contributed by atoms with Crippen LogP contribution in [0, 0.1) is 130 Å². The number of fused-ring (bicyclic) bond motifs is 4. The van der Waals surface area contributed by atoms with Crippen molar-refractivity contribution < 1.29 is 13.2 Å². The highest BCUT2D eigenvalue weighted by molar-refractivity contribution is 7.11. The molecule has 1 saturated heterocycles. The Morgan fingerprint density at radius 2 is 0.860 bits per heavy atom. The molecule has 5 aliphatic carbocycles. The lowest BCUT2D eigenvalue weighted by Gasteiger charge is -2.27. The van der Waals surface area contributed by atoms with Gasteiger partial charge in [0.25, 0.3) is 0 Å². The molecule has 1 aromatic carbocycles. The van der Waals surface area contributed by atoms with E-state index in [2.05, 4.69) is 204 Å². The van der Waals surface area contributed by atoms with E-state index in [1.807, 2.05) is 117 Å². The van der Waals surface area contributed by atoms with Crippen LogP contribution in [0.1, 0.15) is 242 Å². The Morgan fingerprint density at radius 3 is 1.24 bits per heavy atom. The van der Waals surface area contributed by atoms with Gasteiger partial charge in [-0.1, -0.05) is 66.9 Å². The number of alkyl halides is 3. The van der Waals surface area contributed by atoms with Crippen molar-refractivity contribution in [2.24, 2.45) is 17.8 Å². The van der Waals surface area contributed by atoms with Crippen LogP contribution < -0.4 is 10.2 Å². The normalized spacial score (nSPS) is 16.9. The summed E-state index contributed by atoms with van der Waals surface area (Å²) in [6, 6.07) is 28.0. The number of hydrogen-bond donors (Lipinski definition) is 1. The molecule has 19 rings (SSSR count). The highest BCUT2D eigenvalue weighted by atomic mass is 32.1. The molecular formula is C98H91F3N14S6. The summed E-state index contributed by atoms with van der Waals surface area (Å²) in [5.41, 5.74) is 14.4. The second-order valence-electron chi connectivity index (χ2n) is 31.7. The van der Waals surface area contributed by atoms with Crippen LogP contribution in [-0.4, -0.2) is 77.9 Å². The minimum absolute atomic E-state index is 0.0122. The van der Waals surface area contributed by atoms with Crippen LogP contribution in [0.3, 0.4) is 0 Å². The van der Waals surface area contributed by atoms with Crippen LogP contribution in [0.5, 0.6) is 0 Å². The number of aromatic nitrogens is 12. The second kappa shape index (κ2) is 40.8. The number of nitrogens with zero attached hydrogens (tertiary/aromatic N) is 13. The van der Waals surface area contributed by atoms with Crippen LogP contribution in [-0.2, 0) is 6.18 Å². The van der Waals surface area contributed by atoms with E-state index in [4.69, 9.17) is 0 Å². The monoisotopic (exact) mass is 1710 g/mol. The third kappa shape index (κ3) is 26.1. The molecule has 0 spiro atoms. The number of thiazole rings is 6. The van der Waals surface area contributed by atoms with Gasteiger partial charge in [-0.25, -0.2) is 39.9 Å². The quantitative estimate of drug-likeness (QED) is 0.156. The standard InChI is InChI=1S/C18H11F3N2S.C18H18N2S.C17H17N3S.C16H16N2S.C15H17N3S.C14H12N2S/c1-12-23-16(11-24-12)7-5-13-6-8-17(22-10-13)14-3-2-4-15(9-14)18(19,20)21;1-12-20-16(11-21-12)6-3-13-4-7-18(19-10-13)17-9-14-2-5-15(17)8-14;1-12-19-15(11-21-12)5-2-13-4-7-17(18-9-13)20-10-14-3-6-16(20)8-14;1-12-18-15(11-19-12)8-6-13-7-9-16(17-10-13)14-4-2-3-5-14;1-11-17-13(10-19-11)7-5-12-6-8-14(16-9-12)18-15(2,3)4;1-10-16-14(9-17-10)5-2-11-6-13(8-15-7-11)12-3-4-12/h2-4,6,8-11H,1H3;4,7,10-11,14-15,17H,2,5,8-9H2,1H3;4,7,9,11,14,16H,3,6,8,10H2,1H3;7,9-11,14H,2-5H2,1H3;6,8-10H,1-4H3,(H,16,18);6-9,12H,3-4H2,1H3. The lowest BCUT2D eigenvalue weighted by Crippen LogP contribution is -2.32. The zero-order valence-corrected chi connectivity index (χ0v) is 73.9. The molecule has 121 heavy (non-hydrogen) atoms. The number of rotatable bonds is 6. The Bertz CT molecular complexity index is 5940. The fourth-order valence-electron chi connectivity index (χ4n) is 15.0. The Balaban J connectivity index is 0.000000119. The van der Waals surface area contributed by atoms with Gasteiger partial charge in [-0.05, 0) is 270 Å². The summed E-state index contributed by atoms with van der Waals surface area (Å²) in [7, 11) is 0. The zero-order valence-electron chi connectivity index (χ0n) is 69.0. The smallest absolute Gasteiger partial charge is 0.365 e. The summed E-state index contributed by atoms with van der Waals surface area (Å²) in [5.74, 6) is 43.7. The topological polar surface area (TPSA) is 170 Å². The van der Waals surface area contributed by atoms with Gasteiger partial charge in [0.05, 0.1) is 41.3 Å². The third-order valence-corrected chi connectivity index (χ3v) is 25.6. The molecule has 6 fully saturated rings. The lowest BCUT2D eigenvalue weighted by atomic mass is 9.86. The largest absolute Gasteiger partial charge is 0.416 e. The minimum Gasteiger partial charge on any atom is -0.365 e. The molecule has 1 aliphatic heterocycles. The average molecular weight is 1710 g/mol. The van der Waals surface area contributed by atoms with Crippen molar-refractivity contribution in [1.29, 1.82) is 0 Å². The van der Waals surface area contributed by atoms with E-state index >= 15 is 0 Å². The third-order valence-electron chi connectivity index (χ3n) is 21.0. The van der Waals surface area contributed by atoms with Gasteiger partial charge >= 0.3 is 6.18 Å². The first-order chi connectivity index (χ1) is 58.5. The summed E-state index contributed by atoms with van der Waals surface area (Å²) >= 11 is 9.65. The predicted molar refractivity (Wildman–Crippen MR) is 486 cm³/mol. The Labute approximate surface area is 731 Å². The first-order valence-electron chi connectivity index (χ1n) is 40.6. The van der Waals surface area contributed by atoms with Crippen molar-refractivity contribution in [3.63, 3.8) is 0 Å². The Hall–Kier alpha value is -11.4. The maximum absolute atomic E-state index is 12.8. The molecule has 14 nitrogen and oxygen atoms in total. The first-order valence-corrected chi connectivity index (χ1v) is 45.9. The number of halogens is 3. The van der Waals surface area contributed by atoms with E-state index in [-0.39, 0.29) is 5.54 Å². The molecule has 23 heteroatoms. The molecule has 4 bridgehead atoms. The fourth-order valence-corrected chi connectivity index (χ4v) is 18.3. The van der Waals surface area contributed by atoms with Crippen molar-refractivity contribution in [2.75, 3.05) is 16.8 Å². The average Bonchev–Trinajstić information content (AvgIpc) is 1.67. The van der Waals surface area contributed by atoms with E-state index in [0.29, 0.717) is 34.4 Å². The fraction of sp³-hybridized carbons (Fsp3) is 0.327. The predicted octanol–water partition coefficient (Wildman–Crippen LogP) is 22.8. The maximum atomic E-state index is 12.8. The van der Waals surface area contributed by atoms with E-state index in [0.717, 1.165) is 140 Å². The van der Waals surface area contributed by atoms with Crippen molar-refractivity contribution in [3.05, 3.63) is 287 Å². The minimum atomic E-state index is -4.37. The van der Waals surface area contributed by atoms with Gasteiger partial charge < -0.3 is 10.2 Å². The Kier molecular flexibility index (Phi) is 29.0. The van der Waals surface area contributed by atoms with E-state index in [1.54, 1.807) is 87.3 Å². The van der Waals surface area contributed by atoms with Gasteiger partial charge in [0.15, 0.2) is 0 Å². The van der Waals surface area contributed by atoms with Crippen LogP contribution in [0.15, 0.2) is 167 Å². The highest BCUT2D eigenvalue weighted by Gasteiger charge is 2.41. The molecule has 12 aromatic heterocycles. The molecule has 5 atom stereocenters. The van der Waals surface area contributed by atoms with Gasteiger partial charge in [-0.2, -0.15) is 13.2 Å². The van der Waals surface area contributed by atoms with Crippen LogP contribution >= 0.6 is 68.0 Å². The summed E-state index contributed by atoms with van der Waals surface area (Å²) in [6.45, 7) is 19.4. The van der Waals surface area contributed by atoms with Crippen molar-refractivity contribution in [1.82, 2.24) is 59.8 Å². The molecular weight excluding hydrogens is 1620 g/mol. The molecule has 13 aromatic rings. The van der Waals surface area contributed by atoms with Gasteiger partial charge in [0, 0.05) is 156 Å². The van der Waals surface area contributed by atoms with Gasteiger partial charge in [0.1, 0.15) is 45.8 Å². The summed E-state index contributed by atoms with van der Waals surface area (Å²) in [6.07, 6.45) is 26.0. The molecule has 610 valence electrons. The first kappa shape index (κ1) is 86.0. The molecule has 5 saturated carbocycles. The van der Waals surface area contributed by atoms with Crippen LogP contribution in [0.25, 0.3) is 11.3 Å². The number of piperidine rings is 1. The number of pyridine rings is 6. The van der Waals surface area contributed by atoms with Crippen molar-refractivity contribution >= 4 is 79.7 Å². The molecule has 0 radical (unpaired) electrons. The maximum Gasteiger partial charge on any atom is 0.416 e.